The van der Waals surface area contributed by atoms with Gasteiger partial charge in [-0.2, -0.15) is 5.26 Å². The molecule has 0 aromatic heterocycles. The lowest BCUT2D eigenvalue weighted by Crippen LogP contribution is -2.69. The smallest absolute Gasteiger partial charge is 0.408 e. The number of carbonyl (C=O) groups excluding carboxylic acids is 3. The molecule has 1 unspecified atom stereocenters. The lowest BCUT2D eigenvalue weighted by molar-refractivity contribution is -0.151. The van der Waals surface area contributed by atoms with Crippen molar-refractivity contribution < 1.29 is 52.3 Å². The van der Waals surface area contributed by atoms with E-state index in [-0.39, 0.29) is 37.7 Å². The van der Waals surface area contributed by atoms with Gasteiger partial charge in [0, 0.05) is 54.1 Å². The van der Waals surface area contributed by atoms with E-state index in [2.05, 4.69) is 27.3 Å². The van der Waals surface area contributed by atoms with E-state index >= 15 is 0 Å². The van der Waals surface area contributed by atoms with Gasteiger partial charge in [-0.3, -0.25) is 14.6 Å². The van der Waals surface area contributed by atoms with E-state index in [4.69, 9.17) is 72.7 Å². The van der Waals surface area contributed by atoms with Crippen molar-refractivity contribution in [3.8, 4) is 34.8 Å². The van der Waals surface area contributed by atoms with E-state index in [0.717, 1.165) is 16.7 Å². The van der Waals surface area contributed by atoms with E-state index in [1.807, 2.05) is 14.0 Å². The number of methoxy groups -OCH3 is 2. The summed E-state index contributed by atoms with van der Waals surface area (Å²) in [6, 6.07) is 0.615. The molecule has 4 bridgehead atoms. The lowest BCUT2D eigenvalue weighted by atomic mass is 9.71. The summed E-state index contributed by atoms with van der Waals surface area (Å²) in [6.45, 7) is 4.06. The number of nitrogens with zero attached hydrogens (tertiary/aromatic N) is 3. The fraction of sp³-hybridized carbons (Fsp3) is 0.556. The number of fused-ring (bicyclic) bond motifs is 9. The molecule has 2 aromatic carbocycles. The Labute approximate surface area is 336 Å². The zero-order chi connectivity index (χ0) is 39.5. The molecule has 0 aliphatic carbocycles. The summed E-state index contributed by atoms with van der Waals surface area (Å²) < 4.78 is 45.0. The number of aryl methyl sites for hydroxylation is 1. The second kappa shape index (κ2) is 15.4. The first-order chi connectivity index (χ1) is 26.2. The number of piperazine rings is 1. The van der Waals surface area contributed by atoms with Crippen LogP contribution in [0.5, 0.6) is 28.7 Å². The van der Waals surface area contributed by atoms with Crippen LogP contribution in [0, 0.1) is 25.2 Å². The van der Waals surface area contributed by atoms with Gasteiger partial charge >= 0.3 is 18.0 Å². The number of hydrogen-bond acceptors (Lipinski definition) is 15. The minimum absolute atomic E-state index is 0.0397. The number of nitrogens with one attached hydrogen (secondary N) is 1. The number of esters is 2. The maximum atomic E-state index is 13.8. The molecule has 2 aromatic rings. The molecule has 15 nitrogen and oxygen atoms in total. The minimum atomic E-state index is -1.88. The number of halogens is 3. The summed E-state index contributed by atoms with van der Waals surface area (Å²) >= 11 is 18.7. The Balaban J connectivity index is 1.46. The number of benzene rings is 2. The number of thioether (sulfide) groups is 1. The van der Waals surface area contributed by atoms with Crippen molar-refractivity contribution in [2.24, 2.45) is 0 Å². The van der Waals surface area contributed by atoms with Gasteiger partial charge in [-0.25, -0.2) is 9.59 Å². The number of likely N-dealkylation sites (N-methyl/N-ethyl adjacent to an activating group) is 1. The van der Waals surface area contributed by atoms with Crippen LogP contribution in [0.2, 0.25) is 0 Å². The molecule has 2 fully saturated rings. The molecule has 0 radical (unpaired) electrons. The van der Waals surface area contributed by atoms with Gasteiger partial charge in [0.25, 0.3) is 0 Å². The highest BCUT2D eigenvalue weighted by molar-refractivity contribution is 7.99. The molecular weight excluding hydrogens is 803 g/mol. The Hall–Kier alpha value is -3.56. The Bertz CT molecular complexity index is 1960. The van der Waals surface area contributed by atoms with E-state index in [9.17, 15) is 19.6 Å². The number of alkyl halides is 3. The Kier molecular flexibility index (Phi) is 11.1. The molecule has 2 saturated heterocycles. The third-order valence-electron chi connectivity index (χ3n) is 10.6. The number of ether oxygens (including phenoxy) is 8. The van der Waals surface area contributed by atoms with Crippen LogP contribution < -0.4 is 29.0 Å². The Morgan fingerprint density at radius 1 is 1.09 bits per heavy atom. The highest BCUT2D eigenvalue weighted by atomic mass is 35.6. The Morgan fingerprint density at radius 2 is 1.84 bits per heavy atom. The van der Waals surface area contributed by atoms with Gasteiger partial charge in [0.2, 0.25) is 10.6 Å². The van der Waals surface area contributed by atoms with Crippen LogP contribution in [0.1, 0.15) is 57.6 Å². The third kappa shape index (κ3) is 6.96. The molecular formula is C36H39Cl3N4O11S. The van der Waals surface area contributed by atoms with Crippen LogP contribution in [-0.2, 0) is 30.2 Å². The van der Waals surface area contributed by atoms with Crippen molar-refractivity contribution in [2.75, 3.05) is 53.8 Å². The molecule has 5 heterocycles. The van der Waals surface area contributed by atoms with E-state index in [1.54, 1.807) is 14.0 Å². The van der Waals surface area contributed by atoms with Crippen LogP contribution in [0.15, 0.2) is 6.07 Å². The number of carbonyl (C=O) groups is 3. The molecule has 7 rings (SSSR count). The summed E-state index contributed by atoms with van der Waals surface area (Å²) in [6.07, 6.45) is -0.492. The van der Waals surface area contributed by atoms with Gasteiger partial charge in [0.05, 0.1) is 30.5 Å². The van der Waals surface area contributed by atoms with Gasteiger partial charge in [0.15, 0.2) is 29.8 Å². The fourth-order valence-corrected chi connectivity index (χ4v) is 10.3. The van der Waals surface area contributed by atoms with Crippen LogP contribution in [0.25, 0.3) is 0 Å². The van der Waals surface area contributed by atoms with Gasteiger partial charge in [-0.1, -0.05) is 40.9 Å². The average Bonchev–Trinajstić information content (AvgIpc) is 3.62. The number of rotatable bonds is 7. The highest BCUT2D eigenvalue weighted by Gasteiger charge is 2.61. The Morgan fingerprint density at radius 3 is 2.51 bits per heavy atom. The fourth-order valence-electron chi connectivity index (χ4n) is 8.64. The first-order valence-corrected chi connectivity index (χ1v) is 19.5. The van der Waals surface area contributed by atoms with Gasteiger partial charge in [-0.15, -0.1) is 11.8 Å². The molecule has 1 amide bonds. The maximum Gasteiger partial charge on any atom is 0.408 e. The SMILES string of the molecule is COCOc1c(OC)c(C)cc2c1[C@@H]1C3[C@@H]4SC[C@@H](NC(=O)OCC(Cl)(Cl)Cl)C(=O)OC[C@@H](c5c6c(c(C)c(OC(C)=O)c54)OCO6)N3[C@@H](C#N)[C@H](C2)N1C. The molecule has 55 heavy (non-hydrogen) atoms. The van der Waals surface area contributed by atoms with Crippen LogP contribution in [0.4, 0.5) is 4.79 Å². The van der Waals surface area contributed by atoms with Crippen molar-refractivity contribution in [2.45, 2.75) is 72.5 Å². The van der Waals surface area contributed by atoms with Crippen molar-refractivity contribution in [3.63, 3.8) is 0 Å². The molecule has 0 saturated carbocycles. The lowest BCUT2D eigenvalue weighted by Gasteiger charge is -2.61. The monoisotopic (exact) mass is 840 g/mol. The van der Waals surface area contributed by atoms with Gasteiger partial charge < -0.3 is 43.2 Å². The zero-order valence-electron chi connectivity index (χ0n) is 30.7. The summed E-state index contributed by atoms with van der Waals surface area (Å²) in [7, 11) is 5.09. The largest absolute Gasteiger partial charge is 0.493 e. The van der Waals surface area contributed by atoms with Crippen molar-refractivity contribution in [1.29, 1.82) is 5.26 Å². The topological polar surface area (TPSA) is 167 Å². The quantitative estimate of drug-likeness (QED) is 0.172. The van der Waals surface area contributed by atoms with Crippen molar-refractivity contribution in [3.05, 3.63) is 39.4 Å². The number of hydrogen-bond donors (Lipinski definition) is 1. The van der Waals surface area contributed by atoms with E-state index < -0.39 is 63.9 Å². The molecule has 5 aliphatic heterocycles. The molecule has 19 heteroatoms. The predicted octanol–water partition coefficient (Wildman–Crippen LogP) is 4.97. The second-order valence-electron chi connectivity index (χ2n) is 13.8. The minimum Gasteiger partial charge on any atom is -0.493 e. The van der Waals surface area contributed by atoms with Crippen LogP contribution in [-0.4, -0.2) is 110 Å². The number of cyclic esters (lactones) is 1. The van der Waals surface area contributed by atoms with Crippen molar-refractivity contribution in [1.82, 2.24) is 15.1 Å². The normalized spacial score (nSPS) is 26.8. The second-order valence-corrected chi connectivity index (χ2v) is 17.5. The van der Waals surface area contributed by atoms with Crippen molar-refractivity contribution >= 4 is 64.6 Å². The standard InChI is InChI=1S/C36H39Cl3N4O11S/c1-15-7-18-8-20-21(9-40)43-22-10-49-34(45)19(41-35(46)50-12-36(37,38)39)11-55-33(25-24(22)32-30(52-14-53-32)16(2)29(25)54-17(3)44)27(43)26(42(20)4)23(18)31(28(15)48-6)51-13-47-5/h7,19-22,26-27,33H,8,10-14H2,1-6H3,(H,41,46)/t19-,20+,21+,22+,26-,27?,33-/m1/s1. The van der Waals surface area contributed by atoms with E-state index in [1.165, 1.54) is 25.8 Å². The van der Waals surface area contributed by atoms with Crippen LogP contribution >= 0.6 is 46.6 Å². The predicted molar refractivity (Wildman–Crippen MR) is 199 cm³/mol. The van der Waals surface area contributed by atoms with Gasteiger partial charge in [-0.05, 0) is 38.4 Å². The zero-order valence-corrected chi connectivity index (χ0v) is 33.8. The van der Waals surface area contributed by atoms with E-state index in [0.29, 0.717) is 46.1 Å². The van der Waals surface area contributed by atoms with Gasteiger partial charge in [0.1, 0.15) is 31.0 Å². The summed E-state index contributed by atoms with van der Waals surface area (Å²) in [5, 5.41) is 13.0. The average molecular weight is 842 g/mol. The molecule has 296 valence electrons. The first-order valence-electron chi connectivity index (χ1n) is 17.3. The molecule has 1 N–H and O–H groups in total. The first kappa shape index (κ1) is 39.7. The molecule has 7 atom stereocenters. The summed E-state index contributed by atoms with van der Waals surface area (Å²) in [5.41, 5.74) is 4.45. The maximum absolute atomic E-state index is 13.8. The number of nitriles is 1. The summed E-state index contributed by atoms with van der Waals surface area (Å²) in [5.74, 6) is 0.798. The van der Waals surface area contributed by atoms with Crippen LogP contribution in [0.3, 0.4) is 0 Å². The number of alkyl carbamates (subject to hydrolysis) is 1. The molecule has 5 aliphatic rings. The number of amides is 1. The third-order valence-corrected chi connectivity index (χ3v) is 12.3. The highest BCUT2D eigenvalue weighted by Crippen LogP contribution is 2.64. The summed E-state index contributed by atoms with van der Waals surface area (Å²) in [4.78, 5) is 43.8. The molecule has 0 spiro atoms.